The van der Waals surface area contributed by atoms with E-state index in [4.69, 9.17) is 10.2 Å². The molecule has 0 aliphatic heterocycles. The van der Waals surface area contributed by atoms with Crippen molar-refractivity contribution in [3.8, 4) is 0 Å². The lowest BCUT2D eigenvalue weighted by Gasteiger charge is -2.01. The van der Waals surface area contributed by atoms with Gasteiger partial charge >= 0.3 is 11.9 Å². The van der Waals surface area contributed by atoms with Crippen molar-refractivity contribution < 1.29 is 24.5 Å². The SMILES string of the molecule is CCC(=O)O.CCC(O)C(=O)OC. The number of aliphatic hydroxyl groups is 1. The molecule has 78 valence electrons. The second-order valence-corrected chi connectivity index (χ2v) is 2.19. The van der Waals surface area contributed by atoms with E-state index in [0.717, 1.165) is 0 Å². The van der Waals surface area contributed by atoms with E-state index in [0.29, 0.717) is 6.42 Å². The summed E-state index contributed by atoms with van der Waals surface area (Å²) in [6.07, 6.45) is -0.313. The minimum Gasteiger partial charge on any atom is -0.481 e. The standard InChI is InChI=1S/C5H10O3.C3H6O2/c1-3-4(6)5(7)8-2;1-2-3(4)5/h4,6H,3H2,1-2H3;2H2,1H3,(H,4,5). The van der Waals surface area contributed by atoms with Crippen molar-refractivity contribution in [3.05, 3.63) is 0 Å². The number of hydrogen-bond donors (Lipinski definition) is 2. The highest BCUT2D eigenvalue weighted by molar-refractivity contribution is 5.73. The van der Waals surface area contributed by atoms with Crippen molar-refractivity contribution in [2.75, 3.05) is 7.11 Å². The van der Waals surface area contributed by atoms with Crippen LogP contribution in [-0.4, -0.2) is 35.4 Å². The van der Waals surface area contributed by atoms with Crippen LogP contribution in [0.25, 0.3) is 0 Å². The van der Waals surface area contributed by atoms with Crippen molar-refractivity contribution in [1.82, 2.24) is 0 Å². The number of rotatable bonds is 3. The van der Waals surface area contributed by atoms with Crippen molar-refractivity contribution in [2.45, 2.75) is 32.8 Å². The van der Waals surface area contributed by atoms with Crippen LogP contribution in [-0.2, 0) is 14.3 Å². The maximum atomic E-state index is 10.3. The number of carbonyl (C=O) groups excluding carboxylic acids is 1. The number of esters is 1. The summed E-state index contributed by atoms with van der Waals surface area (Å²) in [6, 6.07) is 0. The highest BCUT2D eigenvalue weighted by Crippen LogP contribution is 1.90. The molecule has 0 spiro atoms. The second-order valence-electron chi connectivity index (χ2n) is 2.19. The molecule has 0 bridgehead atoms. The summed E-state index contributed by atoms with van der Waals surface area (Å²) < 4.78 is 4.21. The lowest BCUT2D eigenvalue weighted by atomic mass is 10.3. The van der Waals surface area contributed by atoms with Crippen molar-refractivity contribution in [1.29, 1.82) is 0 Å². The second kappa shape index (κ2) is 8.99. The number of carboxylic acids is 1. The van der Waals surface area contributed by atoms with Gasteiger partial charge in [0, 0.05) is 6.42 Å². The van der Waals surface area contributed by atoms with Crippen LogP contribution in [0.5, 0.6) is 0 Å². The summed E-state index contributed by atoms with van der Waals surface area (Å²) in [5.74, 6) is -1.31. The average Bonchev–Trinajstić information content (AvgIpc) is 2.16. The predicted molar refractivity (Wildman–Crippen MR) is 46.2 cm³/mol. The largest absolute Gasteiger partial charge is 0.481 e. The lowest BCUT2D eigenvalue weighted by molar-refractivity contribution is -0.150. The van der Waals surface area contributed by atoms with Crippen molar-refractivity contribution in [3.63, 3.8) is 0 Å². The third-order valence-corrected chi connectivity index (χ3v) is 1.16. The molecule has 0 aromatic carbocycles. The number of aliphatic hydroxyl groups excluding tert-OH is 1. The topological polar surface area (TPSA) is 83.8 Å². The summed E-state index contributed by atoms with van der Waals surface area (Å²) in [5.41, 5.74) is 0. The summed E-state index contributed by atoms with van der Waals surface area (Å²) in [4.78, 5) is 19.6. The Morgan fingerprint density at radius 3 is 1.85 bits per heavy atom. The highest BCUT2D eigenvalue weighted by Gasteiger charge is 2.10. The molecule has 5 nitrogen and oxygen atoms in total. The molecule has 1 atom stereocenters. The fraction of sp³-hybridized carbons (Fsp3) is 0.750. The van der Waals surface area contributed by atoms with Gasteiger partial charge in [-0.1, -0.05) is 13.8 Å². The van der Waals surface area contributed by atoms with E-state index in [1.165, 1.54) is 7.11 Å². The number of hydrogen-bond acceptors (Lipinski definition) is 4. The number of carbonyl (C=O) groups is 2. The van der Waals surface area contributed by atoms with Gasteiger partial charge in [-0.25, -0.2) is 4.79 Å². The fourth-order valence-corrected chi connectivity index (χ4v) is 0.303. The summed E-state index contributed by atoms with van der Waals surface area (Å²) in [6.45, 7) is 3.31. The van der Waals surface area contributed by atoms with Crippen LogP contribution in [0.4, 0.5) is 0 Å². The van der Waals surface area contributed by atoms with Crippen LogP contribution in [0.1, 0.15) is 26.7 Å². The third-order valence-electron chi connectivity index (χ3n) is 1.16. The van der Waals surface area contributed by atoms with Gasteiger partial charge in [0.15, 0.2) is 6.10 Å². The van der Waals surface area contributed by atoms with Crippen molar-refractivity contribution in [2.24, 2.45) is 0 Å². The molecule has 0 aliphatic rings. The van der Waals surface area contributed by atoms with Gasteiger partial charge in [-0.15, -0.1) is 0 Å². The molecular formula is C8H16O5. The molecule has 13 heavy (non-hydrogen) atoms. The molecule has 2 N–H and O–H groups in total. The molecule has 0 radical (unpaired) electrons. The van der Waals surface area contributed by atoms with Crippen LogP contribution in [0.3, 0.4) is 0 Å². The summed E-state index contributed by atoms with van der Waals surface area (Å²) in [7, 11) is 1.25. The molecule has 0 saturated carbocycles. The Labute approximate surface area is 77.3 Å². The number of carboxylic acid groups (broad SMARTS) is 1. The molecular weight excluding hydrogens is 176 g/mol. The van der Waals surface area contributed by atoms with Gasteiger partial charge in [-0.3, -0.25) is 4.79 Å². The van der Waals surface area contributed by atoms with E-state index in [1.54, 1.807) is 13.8 Å². The minimum atomic E-state index is -0.944. The quantitative estimate of drug-likeness (QED) is 0.633. The van der Waals surface area contributed by atoms with E-state index in [2.05, 4.69) is 4.74 Å². The molecule has 0 saturated heterocycles. The van der Waals surface area contributed by atoms with Gasteiger partial charge in [0.05, 0.1) is 7.11 Å². The minimum absolute atomic E-state index is 0.222. The average molecular weight is 192 g/mol. The van der Waals surface area contributed by atoms with Crippen molar-refractivity contribution >= 4 is 11.9 Å². The fourth-order valence-electron chi connectivity index (χ4n) is 0.303. The van der Waals surface area contributed by atoms with Gasteiger partial charge in [0.1, 0.15) is 0 Å². The van der Waals surface area contributed by atoms with Crippen LogP contribution in [0, 0.1) is 0 Å². The van der Waals surface area contributed by atoms with Gasteiger partial charge in [0.25, 0.3) is 0 Å². The Kier molecular flexibility index (Phi) is 9.98. The normalized spacial score (nSPS) is 10.8. The molecule has 0 rings (SSSR count). The number of aliphatic carboxylic acids is 1. The van der Waals surface area contributed by atoms with Crippen LogP contribution >= 0.6 is 0 Å². The number of methoxy groups -OCH3 is 1. The van der Waals surface area contributed by atoms with Crippen LogP contribution in [0.2, 0.25) is 0 Å². The van der Waals surface area contributed by atoms with E-state index in [9.17, 15) is 9.59 Å². The monoisotopic (exact) mass is 192 g/mol. The molecule has 0 heterocycles. The Morgan fingerprint density at radius 1 is 1.38 bits per heavy atom. The third kappa shape index (κ3) is 10.9. The smallest absolute Gasteiger partial charge is 0.334 e. The van der Waals surface area contributed by atoms with E-state index >= 15 is 0 Å². The molecule has 0 amide bonds. The molecule has 1 unspecified atom stereocenters. The highest BCUT2D eigenvalue weighted by atomic mass is 16.5. The summed E-state index contributed by atoms with van der Waals surface area (Å²) in [5, 5.41) is 16.4. The first kappa shape index (κ1) is 14.4. The van der Waals surface area contributed by atoms with Crippen LogP contribution < -0.4 is 0 Å². The molecule has 5 heteroatoms. The van der Waals surface area contributed by atoms with E-state index in [-0.39, 0.29) is 6.42 Å². The maximum absolute atomic E-state index is 10.3. The molecule has 0 aliphatic carbocycles. The first-order chi connectivity index (χ1) is 5.99. The first-order valence-corrected chi connectivity index (χ1v) is 3.97. The Balaban J connectivity index is 0. The predicted octanol–water partition coefficient (Wildman–Crippen LogP) is 0.411. The van der Waals surface area contributed by atoms with Gasteiger partial charge in [-0.2, -0.15) is 0 Å². The molecule has 0 fully saturated rings. The van der Waals surface area contributed by atoms with Gasteiger partial charge in [0.2, 0.25) is 0 Å². The van der Waals surface area contributed by atoms with Crippen LogP contribution in [0.15, 0.2) is 0 Å². The maximum Gasteiger partial charge on any atom is 0.334 e. The number of ether oxygens (including phenoxy) is 1. The Hall–Kier alpha value is -1.10. The zero-order valence-electron chi connectivity index (χ0n) is 8.11. The van der Waals surface area contributed by atoms with E-state index in [1.807, 2.05) is 0 Å². The van der Waals surface area contributed by atoms with E-state index < -0.39 is 18.0 Å². The zero-order chi connectivity index (χ0) is 10.9. The first-order valence-electron chi connectivity index (χ1n) is 3.97. The Bertz CT molecular complexity index is 155. The Morgan fingerprint density at radius 2 is 1.77 bits per heavy atom. The summed E-state index contributed by atoms with van der Waals surface area (Å²) >= 11 is 0. The van der Waals surface area contributed by atoms with Gasteiger partial charge < -0.3 is 14.9 Å². The van der Waals surface area contributed by atoms with Gasteiger partial charge in [-0.05, 0) is 6.42 Å². The lowest BCUT2D eigenvalue weighted by Crippen LogP contribution is -2.20. The molecule has 0 aromatic heterocycles. The zero-order valence-corrected chi connectivity index (χ0v) is 8.11. The molecule has 0 aromatic rings.